The molecule has 0 bridgehead atoms. The lowest BCUT2D eigenvalue weighted by molar-refractivity contribution is -0.145. The van der Waals surface area contributed by atoms with Gasteiger partial charge in [0.05, 0.1) is 0 Å². The van der Waals surface area contributed by atoms with E-state index in [1.807, 2.05) is 0 Å². The summed E-state index contributed by atoms with van der Waals surface area (Å²) in [6.07, 6.45) is 4.58. The molecule has 5 heteroatoms. The summed E-state index contributed by atoms with van der Waals surface area (Å²) in [6, 6.07) is 0. The predicted molar refractivity (Wildman–Crippen MR) is 40.2 cm³/mol. The van der Waals surface area contributed by atoms with Gasteiger partial charge in [-0.3, -0.25) is 5.32 Å². The van der Waals surface area contributed by atoms with Crippen molar-refractivity contribution in [3.05, 3.63) is 12.3 Å². The van der Waals surface area contributed by atoms with E-state index < -0.39 is 11.8 Å². The van der Waals surface area contributed by atoms with Crippen molar-refractivity contribution in [1.29, 1.82) is 0 Å². The van der Waals surface area contributed by atoms with Crippen LogP contribution in [-0.4, -0.2) is 30.1 Å². The molecule has 0 aliphatic carbocycles. The molecule has 0 aromatic carbocycles. The number of hydrogen-bond donors (Lipinski definition) is 3. The number of aliphatic imine (C=N–C) groups is 1. The lowest BCUT2D eigenvalue weighted by Crippen LogP contribution is -2.58. The zero-order valence-electron chi connectivity index (χ0n) is 6.03. The highest BCUT2D eigenvalue weighted by Gasteiger charge is 2.35. The second kappa shape index (κ2) is 2.71. The second-order valence-electron chi connectivity index (χ2n) is 2.05. The third-order valence-electron chi connectivity index (χ3n) is 1.41. The van der Waals surface area contributed by atoms with Crippen molar-refractivity contribution in [3.63, 3.8) is 0 Å². The fourth-order valence-electron chi connectivity index (χ4n) is 0.764. The second-order valence-corrected chi connectivity index (χ2v) is 2.05. The van der Waals surface area contributed by atoms with Crippen LogP contribution < -0.4 is 10.6 Å². The smallest absolute Gasteiger partial charge is 0.368 e. The Labute approximate surface area is 63.8 Å². The SMILES string of the molecule is CNC1(C(=O)O)N=CC=CN1. The fraction of sp³-hybridized carbons (Fsp3) is 0.333. The zero-order valence-corrected chi connectivity index (χ0v) is 6.03. The molecule has 0 fully saturated rings. The van der Waals surface area contributed by atoms with Crippen LogP contribution in [0.15, 0.2) is 17.3 Å². The molecule has 1 heterocycles. The average molecular weight is 155 g/mol. The van der Waals surface area contributed by atoms with Gasteiger partial charge in [0.15, 0.2) is 0 Å². The molecule has 0 spiro atoms. The summed E-state index contributed by atoms with van der Waals surface area (Å²) in [5, 5.41) is 13.9. The Morgan fingerprint density at radius 2 is 2.55 bits per heavy atom. The van der Waals surface area contributed by atoms with Crippen molar-refractivity contribution in [3.8, 4) is 0 Å². The third kappa shape index (κ3) is 1.22. The summed E-state index contributed by atoms with van der Waals surface area (Å²) in [7, 11) is 1.53. The number of carboxylic acid groups (broad SMARTS) is 1. The number of rotatable bonds is 2. The number of likely N-dealkylation sites (N-methyl/N-ethyl adjacent to an activating group) is 1. The summed E-state index contributed by atoms with van der Waals surface area (Å²) in [6.45, 7) is 0. The molecule has 0 saturated carbocycles. The van der Waals surface area contributed by atoms with Crippen molar-refractivity contribution >= 4 is 12.2 Å². The standard InChI is InChI=1S/C6H9N3O2/c1-7-6(5(10)11)8-3-2-4-9-6/h2-4,7-8H,1H3,(H,10,11). The summed E-state index contributed by atoms with van der Waals surface area (Å²) in [5.41, 5.74) is 0. The molecular weight excluding hydrogens is 146 g/mol. The van der Waals surface area contributed by atoms with Gasteiger partial charge in [0, 0.05) is 12.4 Å². The highest BCUT2D eigenvalue weighted by molar-refractivity contribution is 5.83. The molecule has 1 aliphatic heterocycles. The molecule has 0 radical (unpaired) electrons. The van der Waals surface area contributed by atoms with E-state index in [2.05, 4.69) is 15.6 Å². The fourth-order valence-corrected chi connectivity index (χ4v) is 0.764. The summed E-state index contributed by atoms with van der Waals surface area (Å²) < 4.78 is 0. The number of hydrogen-bond acceptors (Lipinski definition) is 4. The highest BCUT2D eigenvalue weighted by Crippen LogP contribution is 2.03. The normalized spacial score (nSPS) is 28.1. The van der Waals surface area contributed by atoms with Gasteiger partial charge in [-0.25, -0.2) is 9.79 Å². The molecular formula is C6H9N3O2. The molecule has 5 nitrogen and oxygen atoms in total. The quantitative estimate of drug-likeness (QED) is 0.484. The van der Waals surface area contributed by atoms with E-state index in [-0.39, 0.29) is 0 Å². The molecule has 3 N–H and O–H groups in total. The van der Waals surface area contributed by atoms with E-state index in [0.29, 0.717) is 0 Å². The molecule has 0 aromatic rings. The van der Waals surface area contributed by atoms with Crippen molar-refractivity contribution in [2.75, 3.05) is 7.05 Å². The molecule has 11 heavy (non-hydrogen) atoms. The molecule has 1 rings (SSSR count). The summed E-state index contributed by atoms with van der Waals surface area (Å²) in [4.78, 5) is 14.4. The van der Waals surface area contributed by atoms with Crippen LogP contribution in [0.4, 0.5) is 0 Å². The Bertz CT molecular complexity index is 224. The van der Waals surface area contributed by atoms with Crippen LogP contribution >= 0.6 is 0 Å². The van der Waals surface area contributed by atoms with Crippen molar-refractivity contribution in [2.45, 2.75) is 5.79 Å². The minimum Gasteiger partial charge on any atom is -0.477 e. The Balaban J connectivity index is 2.85. The van der Waals surface area contributed by atoms with E-state index in [9.17, 15) is 4.79 Å². The Kier molecular flexibility index (Phi) is 1.91. The van der Waals surface area contributed by atoms with E-state index >= 15 is 0 Å². The molecule has 0 amide bonds. The van der Waals surface area contributed by atoms with Gasteiger partial charge in [0.1, 0.15) is 0 Å². The van der Waals surface area contributed by atoms with Gasteiger partial charge in [-0.1, -0.05) is 0 Å². The van der Waals surface area contributed by atoms with E-state index in [4.69, 9.17) is 5.11 Å². The molecule has 1 unspecified atom stereocenters. The van der Waals surface area contributed by atoms with Crippen LogP contribution in [0.1, 0.15) is 0 Å². The van der Waals surface area contributed by atoms with Gasteiger partial charge in [-0.2, -0.15) is 0 Å². The topological polar surface area (TPSA) is 73.7 Å². The van der Waals surface area contributed by atoms with Gasteiger partial charge in [-0.15, -0.1) is 0 Å². The first kappa shape index (κ1) is 7.74. The molecule has 0 aromatic heterocycles. The largest absolute Gasteiger partial charge is 0.477 e. The van der Waals surface area contributed by atoms with Crippen LogP contribution in [0.3, 0.4) is 0 Å². The summed E-state index contributed by atoms with van der Waals surface area (Å²) in [5.74, 6) is -2.44. The molecule has 60 valence electrons. The average Bonchev–Trinajstić information content (AvgIpc) is 2.05. The number of carbonyl (C=O) groups is 1. The van der Waals surface area contributed by atoms with Gasteiger partial charge in [0.25, 0.3) is 5.79 Å². The van der Waals surface area contributed by atoms with E-state index in [1.165, 1.54) is 19.5 Å². The van der Waals surface area contributed by atoms with Crippen molar-refractivity contribution in [2.24, 2.45) is 4.99 Å². The van der Waals surface area contributed by atoms with Crippen LogP contribution in [0.2, 0.25) is 0 Å². The van der Waals surface area contributed by atoms with Crippen LogP contribution in [-0.2, 0) is 4.79 Å². The lowest BCUT2D eigenvalue weighted by Gasteiger charge is -2.25. The number of nitrogens with one attached hydrogen (secondary N) is 2. The first-order valence-corrected chi connectivity index (χ1v) is 3.11. The van der Waals surface area contributed by atoms with Crippen molar-refractivity contribution < 1.29 is 9.90 Å². The highest BCUT2D eigenvalue weighted by atomic mass is 16.4. The van der Waals surface area contributed by atoms with E-state index in [0.717, 1.165) is 0 Å². The number of carboxylic acids is 1. The maximum atomic E-state index is 10.6. The number of nitrogens with zero attached hydrogens (tertiary/aromatic N) is 1. The van der Waals surface area contributed by atoms with Crippen LogP contribution in [0.25, 0.3) is 0 Å². The monoisotopic (exact) mass is 155 g/mol. The lowest BCUT2D eigenvalue weighted by atomic mass is 10.3. The zero-order chi connectivity index (χ0) is 8.32. The van der Waals surface area contributed by atoms with Crippen molar-refractivity contribution in [1.82, 2.24) is 10.6 Å². The van der Waals surface area contributed by atoms with Crippen LogP contribution in [0.5, 0.6) is 0 Å². The first-order chi connectivity index (χ1) is 5.21. The third-order valence-corrected chi connectivity index (χ3v) is 1.41. The number of aliphatic carboxylic acids is 1. The Morgan fingerprint density at radius 1 is 1.82 bits per heavy atom. The Hall–Kier alpha value is -1.36. The minimum absolute atomic E-state index is 1.05. The minimum atomic E-state index is -1.38. The van der Waals surface area contributed by atoms with E-state index in [1.54, 1.807) is 6.08 Å². The van der Waals surface area contributed by atoms with Crippen LogP contribution in [0, 0.1) is 0 Å². The van der Waals surface area contributed by atoms with Gasteiger partial charge in [-0.05, 0) is 13.1 Å². The molecule has 1 aliphatic rings. The maximum Gasteiger partial charge on any atom is 0.368 e. The van der Waals surface area contributed by atoms with Gasteiger partial charge < -0.3 is 10.4 Å². The molecule has 1 atom stereocenters. The Morgan fingerprint density at radius 3 is 2.82 bits per heavy atom. The molecule has 0 saturated heterocycles. The predicted octanol–water partition coefficient (Wildman–Crippen LogP) is -0.868. The number of allylic oxidation sites excluding steroid dienone is 1. The van der Waals surface area contributed by atoms with Gasteiger partial charge in [0.2, 0.25) is 0 Å². The maximum absolute atomic E-state index is 10.6. The van der Waals surface area contributed by atoms with Gasteiger partial charge >= 0.3 is 5.97 Å². The first-order valence-electron chi connectivity index (χ1n) is 3.11. The summed E-state index contributed by atoms with van der Waals surface area (Å²) >= 11 is 0.